The highest BCUT2D eigenvalue weighted by molar-refractivity contribution is 5.94. The van der Waals surface area contributed by atoms with E-state index in [0.717, 1.165) is 31.7 Å². The van der Waals surface area contributed by atoms with Crippen LogP contribution in [0.5, 0.6) is 0 Å². The number of piperidine rings is 1. The topological polar surface area (TPSA) is 88.5 Å². The first-order valence-corrected chi connectivity index (χ1v) is 7.76. The number of likely N-dealkylation sites (N-methyl/N-ethyl adjacent to an activating group) is 1. The molecule has 122 valence electrons. The number of amides is 1. The van der Waals surface area contributed by atoms with Gasteiger partial charge in [-0.05, 0) is 31.0 Å². The average Bonchev–Trinajstić information content (AvgIpc) is 3.10. The maximum absolute atomic E-state index is 12.6. The lowest BCUT2D eigenvalue weighted by molar-refractivity contribution is 0.0716. The molecule has 0 saturated carbocycles. The molecule has 0 bridgehead atoms. The Kier molecular flexibility index (Phi) is 4.57. The van der Waals surface area contributed by atoms with E-state index in [-0.39, 0.29) is 11.9 Å². The molecule has 0 radical (unpaired) electrons. The predicted molar refractivity (Wildman–Crippen MR) is 86.0 cm³/mol. The van der Waals surface area contributed by atoms with Gasteiger partial charge in [-0.3, -0.25) is 4.79 Å². The summed E-state index contributed by atoms with van der Waals surface area (Å²) in [4.78, 5) is 16.6. The van der Waals surface area contributed by atoms with Crippen molar-refractivity contribution in [2.24, 2.45) is 5.73 Å². The van der Waals surface area contributed by atoms with Gasteiger partial charge in [-0.25, -0.2) is 0 Å². The van der Waals surface area contributed by atoms with Crippen LogP contribution in [0.4, 0.5) is 5.82 Å². The molecule has 1 unspecified atom stereocenters. The number of anilines is 1. The van der Waals surface area contributed by atoms with E-state index in [2.05, 4.69) is 15.1 Å². The molecule has 2 aromatic heterocycles. The van der Waals surface area contributed by atoms with Crippen molar-refractivity contribution < 1.29 is 9.21 Å². The summed E-state index contributed by atoms with van der Waals surface area (Å²) in [6.45, 7) is 1.98. The maximum Gasteiger partial charge on any atom is 0.257 e. The van der Waals surface area contributed by atoms with Crippen LogP contribution in [0, 0.1) is 0 Å². The summed E-state index contributed by atoms with van der Waals surface area (Å²) < 4.78 is 5.26. The Morgan fingerprint density at radius 3 is 3.13 bits per heavy atom. The van der Waals surface area contributed by atoms with Crippen LogP contribution in [0.15, 0.2) is 35.1 Å². The summed E-state index contributed by atoms with van der Waals surface area (Å²) in [5.74, 6) is 1.43. The third kappa shape index (κ3) is 3.34. The van der Waals surface area contributed by atoms with Crippen molar-refractivity contribution in [3.63, 3.8) is 0 Å². The van der Waals surface area contributed by atoms with Crippen LogP contribution in [-0.2, 0) is 6.54 Å². The Morgan fingerprint density at radius 2 is 2.43 bits per heavy atom. The van der Waals surface area contributed by atoms with E-state index in [1.807, 2.05) is 19.2 Å². The SMILES string of the molecule is CN(C(=O)c1coc(CN)c1)C1CCCN(c2cccnn2)C1. The lowest BCUT2D eigenvalue weighted by Gasteiger charge is -2.37. The van der Waals surface area contributed by atoms with Crippen molar-refractivity contribution in [2.45, 2.75) is 25.4 Å². The van der Waals surface area contributed by atoms with Gasteiger partial charge >= 0.3 is 0 Å². The first-order valence-electron chi connectivity index (χ1n) is 7.76. The lowest BCUT2D eigenvalue weighted by atomic mass is 10.0. The molecule has 1 saturated heterocycles. The summed E-state index contributed by atoms with van der Waals surface area (Å²) >= 11 is 0. The van der Waals surface area contributed by atoms with Gasteiger partial charge in [0.2, 0.25) is 0 Å². The number of nitrogens with zero attached hydrogens (tertiary/aromatic N) is 4. The number of hydrogen-bond donors (Lipinski definition) is 1. The minimum absolute atomic E-state index is 0.0422. The van der Waals surface area contributed by atoms with Gasteiger partial charge in [0.1, 0.15) is 12.0 Å². The van der Waals surface area contributed by atoms with Gasteiger partial charge in [-0.2, -0.15) is 5.10 Å². The molecular formula is C16H21N5O2. The Bertz CT molecular complexity index is 658. The molecule has 7 heteroatoms. The summed E-state index contributed by atoms with van der Waals surface area (Å²) in [5, 5.41) is 8.09. The van der Waals surface area contributed by atoms with E-state index in [1.54, 1.807) is 17.2 Å². The molecule has 0 aromatic carbocycles. The molecule has 1 amide bonds. The molecule has 1 aliphatic rings. The molecule has 3 heterocycles. The second kappa shape index (κ2) is 6.78. The van der Waals surface area contributed by atoms with Crippen molar-refractivity contribution in [2.75, 3.05) is 25.0 Å². The second-order valence-corrected chi connectivity index (χ2v) is 5.75. The van der Waals surface area contributed by atoms with Gasteiger partial charge in [0, 0.05) is 32.4 Å². The molecular weight excluding hydrogens is 294 g/mol. The third-order valence-electron chi connectivity index (χ3n) is 4.25. The number of furan rings is 1. The van der Waals surface area contributed by atoms with Gasteiger partial charge in [-0.15, -0.1) is 5.10 Å². The van der Waals surface area contributed by atoms with Crippen LogP contribution in [0.2, 0.25) is 0 Å². The second-order valence-electron chi connectivity index (χ2n) is 5.75. The van der Waals surface area contributed by atoms with Crippen molar-refractivity contribution in [1.29, 1.82) is 0 Å². The zero-order valence-electron chi connectivity index (χ0n) is 13.2. The molecule has 7 nitrogen and oxygen atoms in total. The van der Waals surface area contributed by atoms with Crippen molar-refractivity contribution >= 4 is 11.7 Å². The molecule has 1 fully saturated rings. The third-order valence-corrected chi connectivity index (χ3v) is 4.25. The molecule has 0 aliphatic carbocycles. The zero-order valence-corrected chi connectivity index (χ0v) is 13.2. The Morgan fingerprint density at radius 1 is 1.57 bits per heavy atom. The average molecular weight is 315 g/mol. The number of carbonyl (C=O) groups is 1. The van der Waals surface area contributed by atoms with Crippen LogP contribution in [0.1, 0.15) is 29.0 Å². The number of nitrogens with two attached hydrogens (primary N) is 1. The van der Waals surface area contributed by atoms with Crippen LogP contribution >= 0.6 is 0 Å². The molecule has 3 rings (SSSR count). The zero-order chi connectivity index (χ0) is 16.2. The van der Waals surface area contributed by atoms with E-state index in [9.17, 15) is 4.79 Å². The van der Waals surface area contributed by atoms with Gasteiger partial charge < -0.3 is 20.0 Å². The van der Waals surface area contributed by atoms with Crippen LogP contribution in [0.25, 0.3) is 0 Å². The highest BCUT2D eigenvalue weighted by atomic mass is 16.3. The van der Waals surface area contributed by atoms with E-state index in [4.69, 9.17) is 10.2 Å². The normalized spacial score (nSPS) is 18.0. The van der Waals surface area contributed by atoms with E-state index in [1.165, 1.54) is 6.26 Å². The fraction of sp³-hybridized carbons (Fsp3) is 0.438. The van der Waals surface area contributed by atoms with Gasteiger partial charge in [0.25, 0.3) is 5.91 Å². The van der Waals surface area contributed by atoms with Gasteiger partial charge in [0.05, 0.1) is 12.1 Å². The van der Waals surface area contributed by atoms with E-state index in [0.29, 0.717) is 17.9 Å². The largest absolute Gasteiger partial charge is 0.467 e. The van der Waals surface area contributed by atoms with Crippen LogP contribution in [0.3, 0.4) is 0 Å². The fourth-order valence-electron chi connectivity index (χ4n) is 2.91. The lowest BCUT2D eigenvalue weighted by Crippen LogP contribution is -2.48. The Hall–Kier alpha value is -2.41. The van der Waals surface area contributed by atoms with Crippen molar-refractivity contribution in [1.82, 2.24) is 15.1 Å². The van der Waals surface area contributed by atoms with Crippen LogP contribution in [-0.4, -0.2) is 47.2 Å². The quantitative estimate of drug-likeness (QED) is 0.914. The number of hydrogen-bond acceptors (Lipinski definition) is 6. The molecule has 1 aliphatic heterocycles. The molecule has 2 N–H and O–H groups in total. The summed E-state index contributed by atoms with van der Waals surface area (Å²) in [6, 6.07) is 5.67. The number of aromatic nitrogens is 2. The summed E-state index contributed by atoms with van der Waals surface area (Å²) in [6.07, 6.45) is 5.12. The van der Waals surface area contributed by atoms with Crippen LogP contribution < -0.4 is 10.6 Å². The minimum Gasteiger partial charge on any atom is -0.467 e. The Labute approximate surface area is 135 Å². The molecule has 0 spiro atoms. The molecule has 1 atom stereocenters. The summed E-state index contributed by atoms with van der Waals surface area (Å²) in [5.41, 5.74) is 6.07. The first-order chi connectivity index (χ1) is 11.2. The summed E-state index contributed by atoms with van der Waals surface area (Å²) in [7, 11) is 1.84. The predicted octanol–water partition coefficient (Wildman–Crippen LogP) is 1.27. The smallest absolute Gasteiger partial charge is 0.257 e. The highest BCUT2D eigenvalue weighted by Gasteiger charge is 2.28. The number of carbonyl (C=O) groups excluding carboxylic acids is 1. The monoisotopic (exact) mass is 315 g/mol. The van der Waals surface area contributed by atoms with E-state index < -0.39 is 0 Å². The molecule has 2 aromatic rings. The van der Waals surface area contributed by atoms with Crippen molar-refractivity contribution in [3.8, 4) is 0 Å². The first kappa shape index (κ1) is 15.5. The van der Waals surface area contributed by atoms with Gasteiger partial charge in [0.15, 0.2) is 5.82 Å². The number of rotatable bonds is 4. The van der Waals surface area contributed by atoms with Gasteiger partial charge in [-0.1, -0.05) is 0 Å². The van der Waals surface area contributed by atoms with Crippen molar-refractivity contribution in [3.05, 3.63) is 42.0 Å². The fourth-order valence-corrected chi connectivity index (χ4v) is 2.91. The highest BCUT2D eigenvalue weighted by Crippen LogP contribution is 2.21. The Balaban J connectivity index is 1.69. The standard InChI is InChI=1S/C16H21N5O2/c1-20(16(22)12-8-14(9-17)23-11-12)13-4-3-7-21(10-13)15-5-2-6-18-19-15/h2,5-6,8,11,13H,3-4,7,9-10,17H2,1H3. The minimum atomic E-state index is -0.0422. The van der Waals surface area contributed by atoms with E-state index >= 15 is 0 Å². The molecule has 23 heavy (non-hydrogen) atoms. The maximum atomic E-state index is 12.6.